The molecule has 0 radical (unpaired) electrons. The molecule has 0 spiro atoms. The first kappa shape index (κ1) is 13.7. The van der Waals surface area contributed by atoms with E-state index in [0.29, 0.717) is 0 Å². The van der Waals surface area contributed by atoms with Gasteiger partial charge in [-0.1, -0.05) is 19.8 Å². The van der Waals surface area contributed by atoms with Gasteiger partial charge >= 0.3 is 0 Å². The predicted octanol–water partition coefficient (Wildman–Crippen LogP) is 0.0876. The lowest BCUT2D eigenvalue weighted by molar-refractivity contribution is -0.00000235. The van der Waals surface area contributed by atoms with E-state index in [-0.39, 0.29) is 24.0 Å². The van der Waals surface area contributed by atoms with Crippen molar-refractivity contribution in [2.45, 2.75) is 26.2 Å². The molecule has 0 rings (SSSR count). The van der Waals surface area contributed by atoms with E-state index in [1.54, 1.807) is 0 Å². The molecule has 2 heteroatoms. The zero-order valence-corrected chi connectivity index (χ0v) is 10.7. The van der Waals surface area contributed by atoms with Crippen LogP contribution in [0.2, 0.25) is 0 Å². The summed E-state index contributed by atoms with van der Waals surface area (Å²) in [5.41, 5.74) is 0. The Labute approximate surface area is 83.5 Å². The van der Waals surface area contributed by atoms with Crippen LogP contribution >= 0.6 is 7.26 Å². The van der Waals surface area contributed by atoms with Crippen LogP contribution in [0.15, 0.2) is 0 Å². The van der Waals surface area contributed by atoms with Gasteiger partial charge in [0.25, 0.3) is 0 Å². The molecule has 0 atom stereocenters. The molecule has 0 heterocycles. The van der Waals surface area contributed by atoms with Crippen LogP contribution in [0.1, 0.15) is 26.2 Å². The Bertz CT molecular complexity index is 66.1. The van der Waals surface area contributed by atoms with Crippen LogP contribution in [0.3, 0.4) is 0 Å². The molecule has 0 aliphatic rings. The number of halogens is 1. The average molecular weight is 274 g/mol. The summed E-state index contributed by atoms with van der Waals surface area (Å²) in [4.78, 5) is 0. The highest BCUT2D eigenvalue weighted by molar-refractivity contribution is 7.73. The summed E-state index contributed by atoms with van der Waals surface area (Å²) in [5, 5.41) is 0. The van der Waals surface area contributed by atoms with Gasteiger partial charge in [-0.05, 0) is 6.42 Å². The van der Waals surface area contributed by atoms with Gasteiger partial charge in [-0.15, -0.1) is 0 Å². The minimum atomic E-state index is -0.445. The first-order valence-electron chi connectivity index (χ1n) is 3.86. The quantitative estimate of drug-likeness (QED) is 0.387. The SMILES string of the molecule is CCCCC[P+](C)(C)C.[I-]. The van der Waals surface area contributed by atoms with Gasteiger partial charge in [-0.2, -0.15) is 0 Å². The van der Waals surface area contributed by atoms with Crippen LogP contribution < -0.4 is 24.0 Å². The van der Waals surface area contributed by atoms with Crippen LogP contribution in [-0.4, -0.2) is 26.2 Å². The third kappa shape index (κ3) is 11.9. The Balaban J connectivity index is 0. The molecule has 0 fully saturated rings. The van der Waals surface area contributed by atoms with E-state index in [1.807, 2.05) is 0 Å². The number of rotatable bonds is 4. The van der Waals surface area contributed by atoms with Crippen molar-refractivity contribution in [2.75, 3.05) is 26.2 Å². The molecular formula is C8H20IP. The summed E-state index contributed by atoms with van der Waals surface area (Å²) in [6, 6.07) is 0. The Morgan fingerprint density at radius 2 is 1.50 bits per heavy atom. The molecule has 0 aromatic rings. The molecule has 10 heavy (non-hydrogen) atoms. The lowest BCUT2D eigenvalue weighted by atomic mass is 10.3. The van der Waals surface area contributed by atoms with Crippen molar-refractivity contribution >= 4 is 7.26 Å². The molecule has 0 amide bonds. The Hall–Kier alpha value is 1.16. The van der Waals surface area contributed by atoms with Gasteiger partial charge < -0.3 is 24.0 Å². The Kier molecular flexibility index (Phi) is 9.40. The summed E-state index contributed by atoms with van der Waals surface area (Å²) < 4.78 is 0. The highest BCUT2D eigenvalue weighted by atomic mass is 127. The zero-order chi connectivity index (χ0) is 7.33. The summed E-state index contributed by atoms with van der Waals surface area (Å²) in [5.74, 6) is 0. The third-order valence-electron chi connectivity index (χ3n) is 1.43. The summed E-state index contributed by atoms with van der Waals surface area (Å²) in [6.07, 6.45) is 5.73. The van der Waals surface area contributed by atoms with Gasteiger partial charge in [0.05, 0.1) is 6.16 Å². The lowest BCUT2D eigenvalue weighted by Crippen LogP contribution is -3.00. The predicted molar refractivity (Wildman–Crippen MR) is 49.1 cm³/mol. The van der Waals surface area contributed by atoms with Gasteiger partial charge in [0.1, 0.15) is 0 Å². The standard InChI is InChI=1S/C8H20P.HI/c1-5-6-7-8-9(2,3)4;/h5-8H2,1-4H3;1H/q+1;/p-1. The monoisotopic (exact) mass is 274 g/mol. The normalized spacial score (nSPS) is 10.8. The summed E-state index contributed by atoms with van der Waals surface area (Å²) in [6.45, 7) is 9.52. The average Bonchev–Trinajstić information content (AvgIpc) is 1.63. The molecule has 0 unspecified atom stereocenters. The second-order valence-electron chi connectivity index (χ2n) is 3.72. The number of hydrogen-bond acceptors (Lipinski definition) is 0. The molecule has 0 aromatic carbocycles. The minimum Gasteiger partial charge on any atom is -1.00 e. The molecule has 64 valence electrons. The fourth-order valence-electron chi connectivity index (χ4n) is 0.836. The van der Waals surface area contributed by atoms with Crippen LogP contribution in [0.5, 0.6) is 0 Å². The largest absolute Gasteiger partial charge is 1.00 e. The van der Waals surface area contributed by atoms with E-state index in [4.69, 9.17) is 0 Å². The van der Waals surface area contributed by atoms with Gasteiger partial charge in [-0.25, -0.2) is 0 Å². The first-order chi connectivity index (χ1) is 4.06. The van der Waals surface area contributed by atoms with Crippen LogP contribution in [0.4, 0.5) is 0 Å². The maximum atomic E-state index is 2.42. The second kappa shape index (κ2) is 6.84. The Morgan fingerprint density at radius 1 is 1.00 bits per heavy atom. The molecule has 0 N–H and O–H groups in total. The van der Waals surface area contributed by atoms with E-state index in [2.05, 4.69) is 26.9 Å². The van der Waals surface area contributed by atoms with Gasteiger partial charge in [0.2, 0.25) is 0 Å². The minimum absolute atomic E-state index is 0. The fourth-order valence-corrected chi connectivity index (χ4v) is 2.01. The van der Waals surface area contributed by atoms with Crippen LogP contribution in [0, 0.1) is 0 Å². The van der Waals surface area contributed by atoms with Gasteiger partial charge in [0.15, 0.2) is 0 Å². The highest BCUT2D eigenvalue weighted by Gasteiger charge is 2.14. The van der Waals surface area contributed by atoms with Crippen LogP contribution in [0.25, 0.3) is 0 Å². The lowest BCUT2D eigenvalue weighted by Gasteiger charge is -2.10. The number of unbranched alkanes of at least 4 members (excludes halogenated alkanes) is 2. The summed E-state index contributed by atoms with van der Waals surface area (Å²) in [7, 11) is -0.445. The molecule has 0 aliphatic carbocycles. The molecule has 0 saturated heterocycles. The van der Waals surface area contributed by atoms with Gasteiger partial charge in [0, 0.05) is 27.3 Å². The van der Waals surface area contributed by atoms with E-state index >= 15 is 0 Å². The topological polar surface area (TPSA) is 0 Å². The van der Waals surface area contributed by atoms with E-state index in [1.165, 1.54) is 25.4 Å². The maximum absolute atomic E-state index is 2.42. The van der Waals surface area contributed by atoms with Crippen LogP contribution in [-0.2, 0) is 0 Å². The maximum Gasteiger partial charge on any atom is 0.0586 e. The van der Waals surface area contributed by atoms with Crippen molar-refractivity contribution in [3.05, 3.63) is 0 Å². The van der Waals surface area contributed by atoms with Crippen molar-refractivity contribution in [2.24, 2.45) is 0 Å². The van der Waals surface area contributed by atoms with E-state index < -0.39 is 7.26 Å². The molecule has 0 bridgehead atoms. The third-order valence-corrected chi connectivity index (χ3v) is 3.09. The van der Waals surface area contributed by atoms with Crippen molar-refractivity contribution in [3.63, 3.8) is 0 Å². The molecule has 0 aliphatic heterocycles. The zero-order valence-electron chi connectivity index (χ0n) is 7.65. The highest BCUT2D eigenvalue weighted by Crippen LogP contribution is 2.47. The molecular weight excluding hydrogens is 254 g/mol. The smallest absolute Gasteiger partial charge is 0.0586 e. The van der Waals surface area contributed by atoms with Crippen molar-refractivity contribution < 1.29 is 24.0 Å². The first-order valence-corrected chi connectivity index (χ1v) is 7.18. The second-order valence-corrected chi connectivity index (χ2v) is 8.75. The molecule has 0 nitrogen and oxygen atoms in total. The van der Waals surface area contributed by atoms with Gasteiger partial charge in [-0.3, -0.25) is 0 Å². The molecule has 0 aromatic heterocycles. The molecule has 0 saturated carbocycles. The number of hydrogen-bond donors (Lipinski definition) is 0. The Morgan fingerprint density at radius 3 is 1.80 bits per heavy atom. The fraction of sp³-hybridized carbons (Fsp3) is 1.00. The van der Waals surface area contributed by atoms with Crippen molar-refractivity contribution in [1.29, 1.82) is 0 Å². The summed E-state index contributed by atoms with van der Waals surface area (Å²) >= 11 is 0. The van der Waals surface area contributed by atoms with E-state index in [0.717, 1.165) is 0 Å². The van der Waals surface area contributed by atoms with Crippen molar-refractivity contribution in [3.8, 4) is 0 Å². The van der Waals surface area contributed by atoms with E-state index in [9.17, 15) is 0 Å². The van der Waals surface area contributed by atoms with Crippen molar-refractivity contribution in [1.82, 2.24) is 0 Å².